The molecule has 7 nitrogen and oxygen atoms in total. The van der Waals surface area contributed by atoms with E-state index in [-0.39, 0.29) is 35.7 Å². The maximum Gasteiger partial charge on any atom is 0.243 e. The predicted octanol–water partition coefficient (Wildman–Crippen LogP) is 3.61. The summed E-state index contributed by atoms with van der Waals surface area (Å²) in [6.07, 6.45) is 10.5. The summed E-state index contributed by atoms with van der Waals surface area (Å²) < 4.78 is 28.3. The first-order valence-corrected chi connectivity index (χ1v) is 14.5. The molecule has 8 heteroatoms. The molecule has 34 heavy (non-hydrogen) atoms. The van der Waals surface area contributed by atoms with Crippen LogP contribution in [0.5, 0.6) is 0 Å². The van der Waals surface area contributed by atoms with Gasteiger partial charge in [-0.05, 0) is 75.6 Å². The van der Waals surface area contributed by atoms with Gasteiger partial charge in [0.05, 0.1) is 4.90 Å². The minimum atomic E-state index is -3.63. The number of carbonyl (C=O) groups is 2. The summed E-state index contributed by atoms with van der Waals surface area (Å²) in [7, 11) is -3.63. The van der Waals surface area contributed by atoms with Gasteiger partial charge in [0.2, 0.25) is 21.8 Å². The van der Waals surface area contributed by atoms with E-state index < -0.39 is 10.0 Å². The monoisotopic (exact) mass is 487 g/mol. The average molecular weight is 488 g/mol. The molecule has 1 atom stereocenters. The molecule has 2 aliphatic carbocycles. The number of sulfonamides is 1. The van der Waals surface area contributed by atoms with E-state index >= 15 is 0 Å². The molecule has 2 aliphatic heterocycles. The summed E-state index contributed by atoms with van der Waals surface area (Å²) in [4.78, 5) is 27.8. The molecular weight excluding hydrogens is 450 g/mol. The third-order valence-electron chi connectivity index (χ3n) is 8.37. The van der Waals surface area contributed by atoms with Crippen LogP contribution in [0.25, 0.3) is 0 Å². The van der Waals surface area contributed by atoms with Gasteiger partial charge < -0.3 is 10.2 Å². The molecule has 2 amide bonds. The second-order valence-corrected chi connectivity index (χ2v) is 12.6. The van der Waals surface area contributed by atoms with E-state index in [1.165, 1.54) is 23.6 Å². The smallest absolute Gasteiger partial charge is 0.243 e. The van der Waals surface area contributed by atoms with E-state index in [9.17, 15) is 18.0 Å². The second-order valence-electron chi connectivity index (χ2n) is 10.7. The fraction of sp³-hybridized carbons (Fsp3) is 0.692. The Bertz CT molecular complexity index is 1040. The molecule has 1 saturated heterocycles. The van der Waals surface area contributed by atoms with Gasteiger partial charge in [0.25, 0.3) is 0 Å². The lowest BCUT2D eigenvalue weighted by Crippen LogP contribution is -2.45. The van der Waals surface area contributed by atoms with Crippen LogP contribution < -0.4 is 10.2 Å². The Morgan fingerprint density at radius 3 is 2.26 bits per heavy atom. The fourth-order valence-corrected chi connectivity index (χ4v) is 7.55. The highest BCUT2D eigenvalue weighted by Crippen LogP contribution is 2.38. The van der Waals surface area contributed by atoms with Crippen molar-refractivity contribution in [3.05, 3.63) is 23.8 Å². The lowest BCUT2D eigenvalue weighted by molar-refractivity contribution is -0.127. The molecule has 0 bridgehead atoms. The van der Waals surface area contributed by atoms with Gasteiger partial charge in [-0.15, -0.1) is 0 Å². The number of hydrogen-bond acceptors (Lipinski definition) is 4. The molecule has 5 rings (SSSR count). The Morgan fingerprint density at radius 1 is 0.912 bits per heavy atom. The van der Waals surface area contributed by atoms with E-state index in [2.05, 4.69) is 5.32 Å². The van der Waals surface area contributed by atoms with Gasteiger partial charge in [-0.3, -0.25) is 9.59 Å². The van der Waals surface area contributed by atoms with Crippen LogP contribution in [0, 0.1) is 11.8 Å². The van der Waals surface area contributed by atoms with Gasteiger partial charge in [-0.25, -0.2) is 8.42 Å². The third kappa shape index (κ3) is 4.51. The number of piperidine rings is 1. The molecule has 1 aromatic carbocycles. The highest BCUT2D eigenvalue weighted by molar-refractivity contribution is 7.89. The van der Waals surface area contributed by atoms with Gasteiger partial charge >= 0.3 is 0 Å². The third-order valence-corrected chi connectivity index (χ3v) is 10.3. The Hall–Kier alpha value is -1.93. The summed E-state index contributed by atoms with van der Waals surface area (Å²) in [5.41, 5.74) is 1.80. The number of fused-ring (bicyclic) bond motifs is 1. The molecule has 2 heterocycles. The van der Waals surface area contributed by atoms with Crippen LogP contribution in [0.2, 0.25) is 0 Å². The first-order valence-electron chi connectivity index (χ1n) is 13.1. The zero-order chi connectivity index (χ0) is 23.9. The lowest BCUT2D eigenvalue weighted by Gasteiger charge is -2.32. The Morgan fingerprint density at radius 2 is 1.62 bits per heavy atom. The van der Waals surface area contributed by atoms with Crippen molar-refractivity contribution in [3.8, 4) is 0 Å². The summed E-state index contributed by atoms with van der Waals surface area (Å²) in [5, 5.41) is 3.20. The van der Waals surface area contributed by atoms with Crippen molar-refractivity contribution in [1.29, 1.82) is 0 Å². The van der Waals surface area contributed by atoms with Gasteiger partial charge in [0, 0.05) is 42.7 Å². The predicted molar refractivity (Wildman–Crippen MR) is 131 cm³/mol. The Kier molecular flexibility index (Phi) is 6.73. The van der Waals surface area contributed by atoms with E-state index in [0.29, 0.717) is 37.2 Å². The van der Waals surface area contributed by atoms with Gasteiger partial charge in [0.1, 0.15) is 0 Å². The van der Waals surface area contributed by atoms with Crippen molar-refractivity contribution < 1.29 is 18.0 Å². The number of nitrogens with one attached hydrogen (secondary N) is 1. The number of nitrogens with zero attached hydrogens (tertiary/aromatic N) is 2. The van der Waals surface area contributed by atoms with Gasteiger partial charge in [-0.2, -0.15) is 4.31 Å². The van der Waals surface area contributed by atoms with E-state index in [4.69, 9.17) is 0 Å². The minimum absolute atomic E-state index is 0.0551. The Labute approximate surface area is 203 Å². The summed E-state index contributed by atoms with van der Waals surface area (Å²) in [6, 6.07) is 5.56. The molecule has 0 aromatic heterocycles. The Balaban J connectivity index is 1.23. The molecule has 1 N–H and O–H groups in total. The van der Waals surface area contributed by atoms with Crippen molar-refractivity contribution in [3.63, 3.8) is 0 Å². The van der Waals surface area contributed by atoms with Crippen molar-refractivity contribution in [2.45, 2.75) is 94.5 Å². The fourth-order valence-electron chi connectivity index (χ4n) is 6.03. The van der Waals surface area contributed by atoms with E-state index in [1.807, 2.05) is 17.9 Å². The summed E-state index contributed by atoms with van der Waals surface area (Å²) >= 11 is 0. The van der Waals surface area contributed by atoms with Crippen molar-refractivity contribution in [2.24, 2.45) is 11.8 Å². The van der Waals surface area contributed by atoms with Crippen molar-refractivity contribution in [2.75, 3.05) is 18.0 Å². The van der Waals surface area contributed by atoms with Crippen molar-refractivity contribution in [1.82, 2.24) is 9.62 Å². The van der Waals surface area contributed by atoms with Crippen LogP contribution in [-0.4, -0.2) is 49.7 Å². The molecule has 3 fully saturated rings. The second kappa shape index (κ2) is 9.61. The lowest BCUT2D eigenvalue weighted by atomic mass is 9.84. The number of rotatable bonds is 5. The van der Waals surface area contributed by atoms with Gasteiger partial charge in [0.15, 0.2) is 0 Å². The highest BCUT2D eigenvalue weighted by Gasteiger charge is 2.38. The molecule has 2 saturated carbocycles. The maximum atomic E-state index is 13.4. The van der Waals surface area contributed by atoms with E-state index in [0.717, 1.165) is 43.4 Å². The van der Waals surface area contributed by atoms with Crippen LogP contribution in [-0.2, 0) is 26.0 Å². The SMILES string of the molecule is C[C@H]1Cc2cc(S(=O)(=O)N3CCC(C(=O)NC4CCCCC4)CC3)ccc2N1C(=O)C1CCC1. The number of carbonyl (C=O) groups excluding carboxylic acids is 2. The van der Waals surface area contributed by atoms with E-state index in [1.54, 1.807) is 12.1 Å². The number of hydrogen-bond donors (Lipinski definition) is 1. The first-order chi connectivity index (χ1) is 16.3. The quantitative estimate of drug-likeness (QED) is 0.687. The first kappa shape index (κ1) is 23.8. The van der Waals surface area contributed by atoms with Crippen LogP contribution in [0.3, 0.4) is 0 Å². The molecule has 0 radical (unpaired) electrons. The highest BCUT2D eigenvalue weighted by atomic mass is 32.2. The van der Waals surface area contributed by atoms with Crippen molar-refractivity contribution >= 4 is 27.5 Å². The van der Waals surface area contributed by atoms with Crippen LogP contribution >= 0.6 is 0 Å². The summed E-state index contributed by atoms with van der Waals surface area (Å²) in [5.74, 6) is 0.280. The summed E-state index contributed by atoms with van der Waals surface area (Å²) in [6.45, 7) is 2.77. The number of amides is 2. The molecule has 0 spiro atoms. The average Bonchev–Trinajstić information content (AvgIpc) is 3.13. The standard InChI is InChI=1S/C26H37N3O4S/c1-18-16-21-17-23(10-11-24(21)29(18)26(31)20-6-5-7-20)34(32,33)28-14-12-19(13-15-28)25(30)27-22-8-3-2-4-9-22/h10-11,17-20,22H,2-9,12-16H2,1H3,(H,27,30)/t18-/m0/s1. The molecular formula is C26H37N3O4S. The van der Waals surface area contributed by atoms with Gasteiger partial charge in [-0.1, -0.05) is 25.7 Å². The normalized spacial score (nSPS) is 25.1. The topological polar surface area (TPSA) is 86.8 Å². The molecule has 186 valence electrons. The molecule has 0 unspecified atom stereocenters. The minimum Gasteiger partial charge on any atom is -0.353 e. The van der Waals surface area contributed by atoms with Crippen LogP contribution in [0.4, 0.5) is 5.69 Å². The maximum absolute atomic E-state index is 13.4. The van der Waals surface area contributed by atoms with Crippen LogP contribution in [0.15, 0.2) is 23.1 Å². The number of benzene rings is 1. The largest absolute Gasteiger partial charge is 0.353 e. The number of anilines is 1. The zero-order valence-electron chi connectivity index (χ0n) is 20.2. The zero-order valence-corrected chi connectivity index (χ0v) is 21.0. The molecule has 4 aliphatic rings. The molecule has 1 aromatic rings. The van der Waals surface area contributed by atoms with Crippen LogP contribution in [0.1, 0.15) is 76.7 Å².